The van der Waals surface area contributed by atoms with E-state index in [4.69, 9.17) is 10.5 Å². The second kappa shape index (κ2) is 6.86. The highest BCUT2D eigenvalue weighted by atomic mass is 16.5. The number of carbonyl (C=O) groups excluding carboxylic acids is 1. The maximum atomic E-state index is 12.0. The lowest BCUT2D eigenvalue weighted by atomic mass is 9.90. The third-order valence-corrected chi connectivity index (χ3v) is 4.26. The fraction of sp³-hybridized carbons (Fsp3) is 0.562. The number of amides is 1. The molecule has 0 aromatic heterocycles. The molecule has 1 atom stereocenters. The molecule has 1 aliphatic rings. The molecule has 1 saturated carbocycles. The van der Waals surface area contributed by atoms with Crippen molar-refractivity contribution in [2.45, 2.75) is 31.2 Å². The number of carbonyl (C=O) groups is 1. The molecule has 4 heteroatoms. The Bertz CT molecular complexity index is 429. The maximum Gasteiger partial charge on any atom is 0.244 e. The predicted octanol–water partition coefficient (Wildman–Crippen LogP) is 1.79. The van der Waals surface area contributed by atoms with Crippen molar-refractivity contribution in [3.05, 3.63) is 35.9 Å². The summed E-state index contributed by atoms with van der Waals surface area (Å²) in [5, 5.41) is 3.06. The fourth-order valence-electron chi connectivity index (χ4n) is 2.91. The molecule has 0 heterocycles. The monoisotopic (exact) mass is 276 g/mol. The van der Waals surface area contributed by atoms with Crippen LogP contribution in [0.15, 0.2) is 30.3 Å². The van der Waals surface area contributed by atoms with Crippen LogP contribution in [0.5, 0.6) is 0 Å². The van der Waals surface area contributed by atoms with E-state index in [-0.39, 0.29) is 6.61 Å². The molecule has 1 unspecified atom stereocenters. The number of rotatable bonds is 7. The number of hydrogen-bond acceptors (Lipinski definition) is 3. The number of benzene rings is 1. The summed E-state index contributed by atoms with van der Waals surface area (Å²) in [5.41, 5.74) is 5.53. The summed E-state index contributed by atoms with van der Waals surface area (Å²) in [6.45, 7) is 0.989. The van der Waals surface area contributed by atoms with Gasteiger partial charge in [-0.25, -0.2) is 0 Å². The van der Waals surface area contributed by atoms with E-state index in [1.54, 1.807) is 7.05 Å². The topological polar surface area (TPSA) is 64.3 Å². The lowest BCUT2D eigenvalue weighted by molar-refractivity contribution is -0.127. The van der Waals surface area contributed by atoms with Crippen LogP contribution in [-0.4, -0.2) is 26.2 Å². The van der Waals surface area contributed by atoms with E-state index in [1.807, 2.05) is 30.3 Å². The Morgan fingerprint density at radius 1 is 1.35 bits per heavy atom. The number of nitrogens with two attached hydrogens (primary N) is 1. The summed E-state index contributed by atoms with van der Waals surface area (Å²) >= 11 is 0. The summed E-state index contributed by atoms with van der Waals surface area (Å²) in [5.74, 6) is 0.228. The first kappa shape index (κ1) is 15.0. The van der Waals surface area contributed by atoms with Crippen LogP contribution in [0.2, 0.25) is 0 Å². The van der Waals surface area contributed by atoms with Crippen molar-refractivity contribution in [2.75, 3.05) is 20.3 Å². The smallest absolute Gasteiger partial charge is 0.244 e. The number of hydrogen-bond donors (Lipinski definition) is 2. The van der Waals surface area contributed by atoms with Crippen molar-refractivity contribution < 1.29 is 9.53 Å². The van der Waals surface area contributed by atoms with Gasteiger partial charge in [-0.3, -0.25) is 4.79 Å². The van der Waals surface area contributed by atoms with Crippen LogP contribution in [0.4, 0.5) is 0 Å². The zero-order valence-electron chi connectivity index (χ0n) is 12.1. The van der Waals surface area contributed by atoms with E-state index in [9.17, 15) is 4.79 Å². The third-order valence-electron chi connectivity index (χ3n) is 4.26. The average Bonchev–Trinajstić information content (AvgIpc) is 2.97. The van der Waals surface area contributed by atoms with Crippen molar-refractivity contribution >= 4 is 5.91 Å². The van der Waals surface area contributed by atoms with Crippen LogP contribution in [-0.2, 0) is 15.1 Å². The molecule has 0 spiro atoms. The van der Waals surface area contributed by atoms with Crippen molar-refractivity contribution in [1.82, 2.24) is 5.32 Å². The molecule has 3 N–H and O–H groups in total. The van der Waals surface area contributed by atoms with E-state index in [2.05, 4.69) is 5.32 Å². The molecule has 20 heavy (non-hydrogen) atoms. The van der Waals surface area contributed by atoms with Gasteiger partial charge in [-0.2, -0.15) is 0 Å². The molecule has 2 rings (SSSR count). The summed E-state index contributed by atoms with van der Waals surface area (Å²) in [4.78, 5) is 12.0. The van der Waals surface area contributed by atoms with Gasteiger partial charge in [-0.15, -0.1) is 0 Å². The van der Waals surface area contributed by atoms with E-state index < -0.39 is 11.4 Å². The van der Waals surface area contributed by atoms with Crippen molar-refractivity contribution in [1.29, 1.82) is 0 Å². The number of primary amides is 1. The van der Waals surface area contributed by atoms with Crippen molar-refractivity contribution in [2.24, 2.45) is 11.7 Å². The van der Waals surface area contributed by atoms with Gasteiger partial charge in [-0.1, -0.05) is 43.2 Å². The Kier molecular flexibility index (Phi) is 5.15. The molecule has 1 aliphatic carbocycles. The number of nitrogens with one attached hydrogen (secondary N) is 1. The second-order valence-electron chi connectivity index (χ2n) is 5.55. The molecule has 1 aromatic carbocycles. The highest BCUT2D eigenvalue weighted by Gasteiger charge is 2.37. The first-order valence-corrected chi connectivity index (χ1v) is 7.31. The van der Waals surface area contributed by atoms with E-state index in [0.717, 1.165) is 5.56 Å². The summed E-state index contributed by atoms with van der Waals surface area (Å²) in [7, 11) is 1.75. The van der Waals surface area contributed by atoms with Gasteiger partial charge in [-0.05, 0) is 31.4 Å². The molecule has 1 amide bonds. The number of likely N-dealkylation sites (N-methyl/N-ethyl adjacent to an activating group) is 1. The minimum atomic E-state index is -0.945. The second-order valence-corrected chi connectivity index (χ2v) is 5.55. The lowest BCUT2D eigenvalue weighted by Crippen LogP contribution is -2.54. The fourth-order valence-corrected chi connectivity index (χ4v) is 2.91. The van der Waals surface area contributed by atoms with Crippen LogP contribution in [0, 0.1) is 5.92 Å². The molecule has 4 nitrogen and oxygen atoms in total. The van der Waals surface area contributed by atoms with Crippen LogP contribution in [0.1, 0.15) is 31.2 Å². The standard InChI is InChI=1S/C16H24N2O2/c1-18-16(15(17)19,14-9-3-2-4-10-14)12-20-11-13-7-5-6-8-13/h2-4,9-10,13,18H,5-8,11-12H2,1H3,(H2,17,19). The van der Waals surface area contributed by atoms with Gasteiger partial charge < -0.3 is 15.8 Å². The first-order chi connectivity index (χ1) is 9.69. The van der Waals surface area contributed by atoms with Gasteiger partial charge in [0.05, 0.1) is 6.61 Å². The number of ether oxygens (including phenoxy) is 1. The normalized spacial score (nSPS) is 18.9. The van der Waals surface area contributed by atoms with Gasteiger partial charge in [0.1, 0.15) is 5.54 Å². The molecule has 0 bridgehead atoms. The van der Waals surface area contributed by atoms with Crippen LogP contribution in [0.3, 0.4) is 0 Å². The summed E-state index contributed by atoms with van der Waals surface area (Å²) in [6.07, 6.45) is 5.04. The molecule has 1 fully saturated rings. The molecular weight excluding hydrogens is 252 g/mol. The maximum absolute atomic E-state index is 12.0. The molecule has 0 aliphatic heterocycles. The molecule has 110 valence electrons. The van der Waals surface area contributed by atoms with E-state index >= 15 is 0 Å². The minimum Gasteiger partial charge on any atom is -0.378 e. The van der Waals surface area contributed by atoms with E-state index in [0.29, 0.717) is 12.5 Å². The van der Waals surface area contributed by atoms with Crippen molar-refractivity contribution in [3.8, 4) is 0 Å². The molecular formula is C16H24N2O2. The van der Waals surface area contributed by atoms with Crippen LogP contribution < -0.4 is 11.1 Å². The molecule has 1 aromatic rings. The predicted molar refractivity (Wildman–Crippen MR) is 79.2 cm³/mol. The van der Waals surface area contributed by atoms with Crippen LogP contribution in [0.25, 0.3) is 0 Å². The largest absolute Gasteiger partial charge is 0.378 e. The lowest BCUT2D eigenvalue weighted by Gasteiger charge is -2.31. The van der Waals surface area contributed by atoms with Gasteiger partial charge in [0.2, 0.25) is 5.91 Å². The molecule has 0 saturated heterocycles. The third kappa shape index (κ3) is 3.19. The summed E-state index contributed by atoms with van der Waals surface area (Å²) < 4.78 is 5.83. The Morgan fingerprint density at radius 2 is 2.00 bits per heavy atom. The van der Waals surface area contributed by atoms with E-state index in [1.165, 1.54) is 25.7 Å². The van der Waals surface area contributed by atoms with Gasteiger partial charge >= 0.3 is 0 Å². The molecule has 0 radical (unpaired) electrons. The summed E-state index contributed by atoms with van der Waals surface area (Å²) in [6, 6.07) is 9.54. The van der Waals surface area contributed by atoms with Gasteiger partial charge in [0, 0.05) is 6.61 Å². The highest BCUT2D eigenvalue weighted by molar-refractivity contribution is 5.86. The Hall–Kier alpha value is -1.39. The van der Waals surface area contributed by atoms with Crippen LogP contribution >= 0.6 is 0 Å². The Balaban J connectivity index is 2.05. The van der Waals surface area contributed by atoms with Gasteiger partial charge in [0.15, 0.2) is 0 Å². The zero-order chi connectivity index (χ0) is 14.4. The average molecular weight is 276 g/mol. The zero-order valence-corrected chi connectivity index (χ0v) is 12.1. The Labute approximate surface area is 120 Å². The van der Waals surface area contributed by atoms with Crippen molar-refractivity contribution in [3.63, 3.8) is 0 Å². The highest BCUT2D eigenvalue weighted by Crippen LogP contribution is 2.26. The SMILES string of the molecule is CNC(COCC1CCCC1)(C(N)=O)c1ccccc1. The first-order valence-electron chi connectivity index (χ1n) is 7.31. The van der Waals surface area contributed by atoms with Gasteiger partial charge in [0.25, 0.3) is 0 Å². The minimum absolute atomic E-state index is 0.277. The Morgan fingerprint density at radius 3 is 2.55 bits per heavy atom. The quantitative estimate of drug-likeness (QED) is 0.798.